The highest BCUT2D eigenvalue weighted by atomic mass is 35.5. The Hall–Kier alpha value is -1.28. The van der Waals surface area contributed by atoms with Gasteiger partial charge in [0.25, 0.3) is 0 Å². The molecular weight excluding hydrogens is 186 g/mol. The van der Waals surface area contributed by atoms with Crippen molar-refractivity contribution >= 4 is 22.5 Å². The molecule has 0 aliphatic rings. The van der Waals surface area contributed by atoms with Crippen LogP contribution in [0.15, 0.2) is 29.1 Å². The topological polar surface area (TPSA) is 32.9 Å². The maximum absolute atomic E-state index is 11.1. The maximum atomic E-state index is 11.1. The lowest BCUT2D eigenvalue weighted by Gasteiger charge is -2.00. The number of hydrogen-bond donors (Lipinski definition) is 1. The van der Waals surface area contributed by atoms with E-state index in [1.54, 1.807) is 18.2 Å². The van der Waals surface area contributed by atoms with Gasteiger partial charge in [-0.25, -0.2) is 0 Å². The van der Waals surface area contributed by atoms with E-state index in [2.05, 4.69) is 11.9 Å². The van der Waals surface area contributed by atoms with Gasteiger partial charge in [0, 0.05) is 22.0 Å². The average Bonchev–Trinajstić information content (AvgIpc) is 2.06. The Morgan fingerprint density at radius 3 is 2.85 bits per heavy atom. The number of hydrogen-bond acceptors (Lipinski definition) is 1. The van der Waals surface area contributed by atoms with E-state index in [1.807, 2.05) is 0 Å². The lowest BCUT2D eigenvalue weighted by molar-refractivity contribution is 1.30. The monoisotopic (exact) mass is 192 g/mol. The molecule has 0 saturated heterocycles. The van der Waals surface area contributed by atoms with E-state index in [-0.39, 0.29) is 5.56 Å². The summed E-state index contributed by atoms with van der Waals surface area (Å²) in [6, 6.07) is 6.75. The summed E-state index contributed by atoms with van der Waals surface area (Å²) in [6.07, 6.45) is 0. The summed E-state index contributed by atoms with van der Waals surface area (Å²) in [5, 5.41) is 1.52. The van der Waals surface area contributed by atoms with Crippen LogP contribution in [-0.4, -0.2) is 4.98 Å². The summed E-state index contributed by atoms with van der Waals surface area (Å²) >= 11 is 5.81. The zero-order valence-corrected chi connectivity index (χ0v) is 7.56. The molecule has 2 rings (SSSR count). The minimum atomic E-state index is -0.139. The number of benzene rings is 1. The van der Waals surface area contributed by atoms with Crippen LogP contribution < -0.4 is 5.56 Å². The Kier molecular flexibility index (Phi) is 1.85. The molecule has 1 aromatic carbocycles. The molecule has 2 nitrogen and oxygen atoms in total. The molecule has 0 amide bonds. The molecule has 3 heteroatoms. The Balaban J connectivity index is 2.95. The highest BCUT2D eigenvalue weighted by molar-refractivity contribution is 6.31. The molecule has 0 spiro atoms. The van der Waals surface area contributed by atoms with Gasteiger partial charge in [0.05, 0.1) is 0 Å². The molecule has 0 aliphatic carbocycles. The second-order valence-corrected chi connectivity index (χ2v) is 3.29. The molecule has 0 unspecified atom stereocenters. The summed E-state index contributed by atoms with van der Waals surface area (Å²) in [5.41, 5.74) is 1.32. The molecule has 0 atom stereocenters. The normalized spacial score (nSPS) is 10.6. The Bertz CT molecular complexity index is 516. The third-order valence-electron chi connectivity index (χ3n) is 1.89. The number of fused-ring (bicyclic) bond motifs is 1. The van der Waals surface area contributed by atoms with Crippen LogP contribution in [0.4, 0.5) is 0 Å². The van der Waals surface area contributed by atoms with E-state index in [0.29, 0.717) is 10.6 Å². The summed E-state index contributed by atoms with van der Waals surface area (Å²) < 4.78 is 0. The van der Waals surface area contributed by atoms with Gasteiger partial charge in [0.15, 0.2) is 0 Å². The molecule has 0 saturated carbocycles. The fraction of sp³-hybridized carbons (Fsp3) is 0. The number of nitrogens with one attached hydrogen (secondary N) is 1. The minimum absolute atomic E-state index is 0.139. The van der Waals surface area contributed by atoms with E-state index in [1.165, 1.54) is 6.07 Å². The number of halogens is 1. The van der Waals surface area contributed by atoms with Gasteiger partial charge < -0.3 is 4.98 Å². The molecule has 1 aromatic heterocycles. The highest BCUT2D eigenvalue weighted by Gasteiger charge is 1.99. The standard InChI is InChI=1S/C10H7ClNO/c1-6-4-10(13)12-9-3-2-7(11)5-8(6)9/h2-5H,1H2,(H,12,13). The van der Waals surface area contributed by atoms with Crippen molar-refractivity contribution < 1.29 is 0 Å². The number of rotatable bonds is 0. The fourth-order valence-electron chi connectivity index (χ4n) is 1.30. The van der Waals surface area contributed by atoms with Gasteiger partial charge in [-0.1, -0.05) is 11.6 Å². The first-order valence-electron chi connectivity index (χ1n) is 3.81. The minimum Gasteiger partial charge on any atom is -0.322 e. The second kappa shape index (κ2) is 2.89. The van der Waals surface area contributed by atoms with Gasteiger partial charge >= 0.3 is 0 Å². The number of H-pyrrole nitrogens is 1. The third kappa shape index (κ3) is 1.45. The van der Waals surface area contributed by atoms with E-state index < -0.39 is 0 Å². The Morgan fingerprint density at radius 2 is 2.08 bits per heavy atom. The maximum Gasteiger partial charge on any atom is 0.248 e. The second-order valence-electron chi connectivity index (χ2n) is 2.85. The van der Waals surface area contributed by atoms with Crippen LogP contribution in [0.25, 0.3) is 10.9 Å². The van der Waals surface area contributed by atoms with Crippen molar-refractivity contribution in [2.45, 2.75) is 0 Å². The SMILES string of the molecule is [CH2]c1cc(=O)[nH]c2ccc(Cl)cc12. The van der Waals surface area contributed by atoms with Gasteiger partial charge in [0.1, 0.15) is 0 Å². The Morgan fingerprint density at radius 1 is 1.31 bits per heavy atom. The molecule has 1 heterocycles. The molecule has 0 aliphatic heterocycles. The van der Waals surface area contributed by atoms with Gasteiger partial charge in [-0.05, 0) is 30.7 Å². The predicted molar refractivity (Wildman–Crippen MR) is 54.0 cm³/mol. The number of aromatic amines is 1. The van der Waals surface area contributed by atoms with E-state index in [9.17, 15) is 4.79 Å². The van der Waals surface area contributed by atoms with Crippen molar-refractivity contribution in [3.05, 3.63) is 52.1 Å². The molecule has 1 N–H and O–H groups in total. The quantitative estimate of drug-likeness (QED) is 0.683. The molecule has 2 aromatic rings. The summed E-state index contributed by atoms with van der Waals surface area (Å²) in [6.45, 7) is 3.77. The van der Waals surface area contributed by atoms with Crippen molar-refractivity contribution in [1.29, 1.82) is 0 Å². The first-order chi connectivity index (χ1) is 6.16. The van der Waals surface area contributed by atoms with Crippen molar-refractivity contribution in [2.24, 2.45) is 0 Å². The zero-order valence-electron chi connectivity index (χ0n) is 6.80. The van der Waals surface area contributed by atoms with Crippen LogP contribution in [0.5, 0.6) is 0 Å². The summed E-state index contributed by atoms with van der Waals surface area (Å²) in [7, 11) is 0. The molecule has 13 heavy (non-hydrogen) atoms. The molecular formula is C10H7ClNO. The van der Waals surface area contributed by atoms with Crippen molar-refractivity contribution in [1.82, 2.24) is 4.98 Å². The molecule has 0 fully saturated rings. The lowest BCUT2D eigenvalue weighted by Crippen LogP contribution is -2.04. The van der Waals surface area contributed by atoms with Crippen LogP contribution in [-0.2, 0) is 0 Å². The van der Waals surface area contributed by atoms with Gasteiger partial charge in [-0.15, -0.1) is 0 Å². The van der Waals surface area contributed by atoms with Crippen LogP contribution >= 0.6 is 11.6 Å². The van der Waals surface area contributed by atoms with Gasteiger partial charge in [-0.3, -0.25) is 4.79 Å². The Labute approximate surface area is 80.2 Å². The lowest BCUT2D eigenvalue weighted by atomic mass is 10.1. The average molecular weight is 193 g/mol. The first-order valence-corrected chi connectivity index (χ1v) is 4.19. The molecule has 1 radical (unpaired) electrons. The smallest absolute Gasteiger partial charge is 0.248 e. The summed E-state index contributed by atoms with van der Waals surface area (Å²) in [4.78, 5) is 13.8. The van der Waals surface area contributed by atoms with E-state index in [4.69, 9.17) is 11.6 Å². The highest BCUT2D eigenvalue weighted by Crippen LogP contribution is 2.18. The van der Waals surface area contributed by atoms with E-state index in [0.717, 1.165) is 10.9 Å². The largest absolute Gasteiger partial charge is 0.322 e. The van der Waals surface area contributed by atoms with Gasteiger partial charge in [-0.2, -0.15) is 0 Å². The predicted octanol–water partition coefficient (Wildman–Crippen LogP) is 2.36. The summed E-state index contributed by atoms with van der Waals surface area (Å²) in [5.74, 6) is 0. The molecule has 65 valence electrons. The fourth-order valence-corrected chi connectivity index (χ4v) is 1.47. The number of aromatic nitrogens is 1. The molecule has 0 bridgehead atoms. The van der Waals surface area contributed by atoms with Crippen molar-refractivity contribution in [3.8, 4) is 0 Å². The van der Waals surface area contributed by atoms with Crippen molar-refractivity contribution in [3.63, 3.8) is 0 Å². The van der Waals surface area contributed by atoms with Crippen LogP contribution in [0.2, 0.25) is 5.02 Å². The van der Waals surface area contributed by atoms with Crippen LogP contribution in [0.1, 0.15) is 5.56 Å². The first kappa shape index (κ1) is 8.32. The van der Waals surface area contributed by atoms with Crippen molar-refractivity contribution in [2.75, 3.05) is 0 Å². The van der Waals surface area contributed by atoms with Crippen LogP contribution in [0, 0.1) is 6.92 Å². The van der Waals surface area contributed by atoms with E-state index >= 15 is 0 Å². The van der Waals surface area contributed by atoms with Crippen LogP contribution in [0.3, 0.4) is 0 Å². The number of pyridine rings is 1. The van der Waals surface area contributed by atoms with Gasteiger partial charge in [0.2, 0.25) is 5.56 Å². The zero-order chi connectivity index (χ0) is 9.42. The third-order valence-corrected chi connectivity index (χ3v) is 2.13.